The van der Waals surface area contributed by atoms with Gasteiger partial charge in [0.2, 0.25) is 10.0 Å². The molecule has 1 amide bonds. The summed E-state index contributed by atoms with van der Waals surface area (Å²) in [5.74, 6) is -0.423. The van der Waals surface area contributed by atoms with Gasteiger partial charge in [0.05, 0.1) is 6.26 Å². The van der Waals surface area contributed by atoms with Crippen LogP contribution in [0.2, 0.25) is 5.02 Å². The third-order valence-corrected chi connectivity index (χ3v) is 5.08. The molecule has 0 spiro atoms. The first-order chi connectivity index (χ1) is 11.7. The first-order valence-corrected chi connectivity index (χ1v) is 10.00. The summed E-state index contributed by atoms with van der Waals surface area (Å²) in [6.45, 7) is 0.720. The van der Waals surface area contributed by atoms with E-state index in [-0.39, 0.29) is 11.6 Å². The highest BCUT2D eigenvalue weighted by Crippen LogP contribution is 2.20. The van der Waals surface area contributed by atoms with E-state index in [1.54, 1.807) is 18.2 Å². The molecule has 9 heteroatoms. The maximum absolute atomic E-state index is 12.6. The van der Waals surface area contributed by atoms with E-state index in [1.165, 1.54) is 11.0 Å². The highest BCUT2D eigenvalue weighted by Gasteiger charge is 2.27. The molecule has 1 aliphatic heterocycles. The van der Waals surface area contributed by atoms with Gasteiger partial charge in [-0.1, -0.05) is 11.6 Å². The molecular formula is C16H17ClN2O5S. The van der Waals surface area contributed by atoms with Gasteiger partial charge in [0.1, 0.15) is 11.1 Å². The summed E-state index contributed by atoms with van der Waals surface area (Å²) in [6, 6.07) is 6.09. The van der Waals surface area contributed by atoms with Gasteiger partial charge in [-0.2, -0.15) is 0 Å². The molecule has 3 rings (SSSR count). The van der Waals surface area contributed by atoms with Crippen LogP contribution in [0.15, 0.2) is 33.5 Å². The van der Waals surface area contributed by atoms with Crippen LogP contribution < -0.4 is 10.3 Å². The van der Waals surface area contributed by atoms with Gasteiger partial charge >= 0.3 is 5.63 Å². The standard InChI is InChI=1S/C16H17ClN2O5S/c1-25(22,23)18-12-4-6-19(7-5-12)15(20)13-9-10-8-11(17)2-3-14(10)24-16(13)21/h2-3,8-9,12,18H,4-7H2,1H3. The Morgan fingerprint density at radius 1 is 1.28 bits per heavy atom. The van der Waals surface area contributed by atoms with Crippen molar-refractivity contribution in [2.45, 2.75) is 18.9 Å². The molecule has 0 radical (unpaired) electrons. The van der Waals surface area contributed by atoms with Crippen molar-refractivity contribution in [3.8, 4) is 0 Å². The molecule has 1 N–H and O–H groups in total. The van der Waals surface area contributed by atoms with Crippen molar-refractivity contribution in [3.63, 3.8) is 0 Å². The number of rotatable bonds is 3. The second-order valence-corrected chi connectivity index (χ2v) is 8.30. The highest BCUT2D eigenvalue weighted by atomic mass is 35.5. The summed E-state index contributed by atoms with van der Waals surface area (Å²) in [6.07, 6.45) is 2.09. The Morgan fingerprint density at radius 2 is 1.96 bits per heavy atom. The average Bonchev–Trinajstić information content (AvgIpc) is 2.53. The quantitative estimate of drug-likeness (QED) is 0.811. The fourth-order valence-electron chi connectivity index (χ4n) is 2.92. The van der Waals surface area contributed by atoms with E-state index in [1.807, 2.05) is 0 Å². The number of piperidine rings is 1. The fraction of sp³-hybridized carbons (Fsp3) is 0.375. The molecule has 0 bridgehead atoms. The predicted octanol–water partition coefficient (Wildman–Crippen LogP) is 1.60. The molecule has 134 valence electrons. The molecule has 0 atom stereocenters. The fourth-order valence-corrected chi connectivity index (χ4v) is 3.94. The summed E-state index contributed by atoms with van der Waals surface area (Å²) in [5, 5.41) is 1.05. The second kappa shape index (κ2) is 6.78. The molecular weight excluding hydrogens is 368 g/mol. The van der Waals surface area contributed by atoms with Gasteiger partial charge in [-0.3, -0.25) is 4.79 Å². The largest absolute Gasteiger partial charge is 0.422 e. The number of amides is 1. The molecule has 2 heterocycles. The molecule has 0 saturated carbocycles. The molecule has 1 saturated heterocycles. The lowest BCUT2D eigenvalue weighted by Crippen LogP contribution is -2.47. The van der Waals surface area contributed by atoms with Crippen LogP contribution >= 0.6 is 11.6 Å². The van der Waals surface area contributed by atoms with E-state index in [2.05, 4.69) is 4.72 Å². The monoisotopic (exact) mass is 384 g/mol. The van der Waals surface area contributed by atoms with Gasteiger partial charge < -0.3 is 9.32 Å². The lowest BCUT2D eigenvalue weighted by Gasteiger charge is -2.31. The number of benzene rings is 1. The van der Waals surface area contributed by atoms with Gasteiger partial charge in [-0.15, -0.1) is 0 Å². The number of nitrogens with one attached hydrogen (secondary N) is 1. The van der Waals surface area contributed by atoms with Gasteiger partial charge in [0, 0.05) is 29.5 Å². The molecule has 7 nitrogen and oxygen atoms in total. The molecule has 25 heavy (non-hydrogen) atoms. The first kappa shape index (κ1) is 17.9. The zero-order valence-electron chi connectivity index (χ0n) is 13.5. The van der Waals surface area contributed by atoms with Crippen molar-refractivity contribution in [2.75, 3.05) is 19.3 Å². The second-order valence-electron chi connectivity index (χ2n) is 6.09. The summed E-state index contributed by atoms with van der Waals surface area (Å²) >= 11 is 5.94. The van der Waals surface area contributed by atoms with Gasteiger partial charge in [0.25, 0.3) is 5.91 Å². The van der Waals surface area contributed by atoms with Crippen LogP contribution in [0.1, 0.15) is 23.2 Å². The number of fused-ring (bicyclic) bond motifs is 1. The average molecular weight is 385 g/mol. The highest BCUT2D eigenvalue weighted by molar-refractivity contribution is 7.88. The van der Waals surface area contributed by atoms with E-state index in [9.17, 15) is 18.0 Å². The minimum atomic E-state index is -3.28. The zero-order valence-corrected chi connectivity index (χ0v) is 15.1. The molecule has 1 aromatic heterocycles. The van der Waals surface area contributed by atoms with E-state index >= 15 is 0 Å². The Balaban J connectivity index is 1.79. The van der Waals surface area contributed by atoms with E-state index in [0.29, 0.717) is 41.9 Å². The minimum Gasteiger partial charge on any atom is -0.422 e. The maximum atomic E-state index is 12.6. The molecule has 1 aliphatic rings. The van der Waals surface area contributed by atoms with Crippen LogP contribution in [0.25, 0.3) is 11.0 Å². The lowest BCUT2D eigenvalue weighted by molar-refractivity contribution is 0.0707. The topological polar surface area (TPSA) is 96.7 Å². The van der Waals surface area contributed by atoms with E-state index in [0.717, 1.165) is 6.26 Å². The summed E-state index contributed by atoms with van der Waals surface area (Å²) in [7, 11) is -3.28. The Bertz CT molecular complexity index is 978. The summed E-state index contributed by atoms with van der Waals surface area (Å²) in [5.41, 5.74) is -0.387. The SMILES string of the molecule is CS(=O)(=O)NC1CCN(C(=O)c2cc3cc(Cl)ccc3oc2=O)CC1. The normalized spacial score (nSPS) is 16.3. The Labute approximate surface area is 149 Å². The third-order valence-electron chi connectivity index (χ3n) is 4.09. The van der Waals surface area contributed by atoms with Crippen molar-refractivity contribution in [1.82, 2.24) is 9.62 Å². The van der Waals surface area contributed by atoms with Crippen molar-refractivity contribution in [2.24, 2.45) is 0 Å². The van der Waals surface area contributed by atoms with Crippen molar-refractivity contribution in [3.05, 3.63) is 45.3 Å². The van der Waals surface area contributed by atoms with Crippen LogP contribution in [0.3, 0.4) is 0 Å². The number of sulfonamides is 1. The molecule has 0 aliphatic carbocycles. The van der Waals surface area contributed by atoms with Crippen LogP contribution in [0.4, 0.5) is 0 Å². The van der Waals surface area contributed by atoms with Gasteiger partial charge in [0.15, 0.2) is 0 Å². The molecule has 0 unspecified atom stereocenters. The molecule has 2 aromatic rings. The summed E-state index contributed by atoms with van der Waals surface area (Å²) in [4.78, 5) is 26.3. The van der Waals surface area contributed by atoms with Crippen LogP contribution in [0.5, 0.6) is 0 Å². The first-order valence-electron chi connectivity index (χ1n) is 7.73. The Morgan fingerprint density at radius 3 is 2.60 bits per heavy atom. The maximum Gasteiger partial charge on any atom is 0.349 e. The Hall–Kier alpha value is -1.90. The van der Waals surface area contributed by atoms with Crippen LogP contribution in [-0.4, -0.2) is 44.6 Å². The van der Waals surface area contributed by atoms with E-state index < -0.39 is 21.6 Å². The Kier molecular flexibility index (Phi) is 4.86. The van der Waals surface area contributed by atoms with Gasteiger partial charge in [-0.25, -0.2) is 17.9 Å². The lowest BCUT2D eigenvalue weighted by atomic mass is 10.0. The van der Waals surface area contributed by atoms with Crippen LogP contribution in [-0.2, 0) is 10.0 Å². The predicted molar refractivity (Wildman–Crippen MR) is 94.4 cm³/mol. The number of hydrogen-bond acceptors (Lipinski definition) is 5. The number of hydrogen-bond donors (Lipinski definition) is 1. The number of carbonyl (C=O) groups is 1. The van der Waals surface area contributed by atoms with Crippen molar-refractivity contribution >= 4 is 38.5 Å². The number of likely N-dealkylation sites (tertiary alicyclic amines) is 1. The molecule has 1 fully saturated rings. The van der Waals surface area contributed by atoms with Crippen molar-refractivity contribution < 1.29 is 17.6 Å². The van der Waals surface area contributed by atoms with Crippen LogP contribution in [0, 0.1) is 0 Å². The summed E-state index contributed by atoms with van der Waals surface area (Å²) < 4.78 is 30.3. The number of halogens is 1. The van der Waals surface area contributed by atoms with Crippen molar-refractivity contribution in [1.29, 1.82) is 0 Å². The number of nitrogens with zero attached hydrogens (tertiary/aromatic N) is 1. The third kappa shape index (κ3) is 4.20. The van der Waals surface area contributed by atoms with Gasteiger partial charge in [-0.05, 0) is 37.1 Å². The van der Waals surface area contributed by atoms with E-state index in [4.69, 9.17) is 16.0 Å². The molecule has 1 aromatic carbocycles. The zero-order chi connectivity index (χ0) is 18.2. The smallest absolute Gasteiger partial charge is 0.349 e. The minimum absolute atomic E-state index is 0.0516. The number of carbonyl (C=O) groups excluding carboxylic acids is 1.